The summed E-state index contributed by atoms with van der Waals surface area (Å²) >= 11 is 5.60. The summed E-state index contributed by atoms with van der Waals surface area (Å²) in [4.78, 5) is 37.2. The lowest BCUT2D eigenvalue weighted by molar-refractivity contribution is -0.128. The Hall–Kier alpha value is -1.56. The Morgan fingerprint density at radius 1 is 1.47 bits per heavy atom. The zero-order valence-corrected chi connectivity index (χ0v) is 10.5. The molecule has 0 saturated heterocycles. The highest BCUT2D eigenvalue weighted by Crippen LogP contribution is 1.99. The van der Waals surface area contributed by atoms with Crippen molar-refractivity contribution in [2.75, 3.05) is 14.1 Å². The molecule has 7 heteroatoms. The number of aromatic amines is 1. The Morgan fingerprint density at radius 3 is 2.71 bits per heavy atom. The first-order chi connectivity index (χ1) is 7.91. The predicted octanol–water partition coefficient (Wildman–Crippen LogP) is 0.0584. The maximum Gasteiger partial charge on any atom is 0.328 e. The van der Waals surface area contributed by atoms with E-state index in [1.165, 1.54) is 15.7 Å². The van der Waals surface area contributed by atoms with Crippen LogP contribution in [0.15, 0.2) is 15.8 Å². The minimum atomic E-state index is -0.600. The van der Waals surface area contributed by atoms with Crippen molar-refractivity contribution in [2.24, 2.45) is 0 Å². The van der Waals surface area contributed by atoms with Gasteiger partial charge in [-0.2, -0.15) is 0 Å². The minimum Gasteiger partial charge on any atom is -0.349 e. The monoisotopic (exact) mass is 259 g/mol. The number of carbonyl (C=O) groups excluding carboxylic acids is 1. The topological polar surface area (TPSA) is 75.2 Å². The summed E-state index contributed by atoms with van der Waals surface area (Å²) in [7, 11) is 3.34. The average molecular weight is 260 g/mol. The van der Waals surface area contributed by atoms with E-state index in [1.807, 2.05) is 0 Å². The summed E-state index contributed by atoms with van der Waals surface area (Å²) in [5, 5.41) is -0.0384. The lowest BCUT2D eigenvalue weighted by Crippen LogP contribution is -2.30. The molecule has 0 aromatic carbocycles. The maximum absolute atomic E-state index is 11.4. The fourth-order valence-corrected chi connectivity index (χ4v) is 1.44. The summed E-state index contributed by atoms with van der Waals surface area (Å²) in [6.07, 6.45) is 2.14. The molecule has 1 rings (SSSR count). The maximum atomic E-state index is 11.4. The van der Waals surface area contributed by atoms with E-state index in [-0.39, 0.29) is 10.9 Å². The first-order valence-electron chi connectivity index (χ1n) is 5.11. The number of carbonyl (C=O) groups is 1. The number of aromatic nitrogens is 2. The second-order valence-electron chi connectivity index (χ2n) is 3.82. The second kappa shape index (κ2) is 5.67. The molecule has 1 aromatic rings. The zero-order chi connectivity index (χ0) is 13.0. The molecule has 0 spiro atoms. The molecule has 0 aliphatic rings. The van der Waals surface area contributed by atoms with Crippen molar-refractivity contribution in [1.29, 1.82) is 0 Å². The van der Waals surface area contributed by atoms with Crippen molar-refractivity contribution in [3.05, 3.63) is 32.1 Å². The highest BCUT2D eigenvalue weighted by molar-refractivity contribution is 6.30. The third kappa shape index (κ3) is 3.74. The van der Waals surface area contributed by atoms with Gasteiger partial charge in [0.05, 0.1) is 0 Å². The molecule has 1 N–H and O–H groups in total. The summed E-state index contributed by atoms with van der Waals surface area (Å²) in [5.41, 5.74) is -1.12. The Kier molecular flexibility index (Phi) is 4.51. The Balaban J connectivity index is 2.65. The number of nitrogens with zero attached hydrogens (tertiary/aromatic N) is 2. The van der Waals surface area contributed by atoms with Crippen molar-refractivity contribution < 1.29 is 4.79 Å². The fraction of sp³-hybridized carbons (Fsp3) is 0.500. The van der Waals surface area contributed by atoms with Crippen LogP contribution in [0.25, 0.3) is 0 Å². The van der Waals surface area contributed by atoms with E-state index in [2.05, 4.69) is 4.98 Å². The van der Waals surface area contributed by atoms with E-state index in [0.717, 1.165) is 0 Å². The van der Waals surface area contributed by atoms with Gasteiger partial charge >= 0.3 is 5.69 Å². The zero-order valence-electron chi connectivity index (χ0n) is 9.70. The van der Waals surface area contributed by atoms with Crippen LogP contribution in [0.1, 0.15) is 12.8 Å². The van der Waals surface area contributed by atoms with Crippen LogP contribution in [0.2, 0.25) is 5.02 Å². The van der Waals surface area contributed by atoms with Gasteiger partial charge in [0.25, 0.3) is 5.56 Å². The van der Waals surface area contributed by atoms with E-state index in [0.29, 0.717) is 19.4 Å². The summed E-state index contributed by atoms with van der Waals surface area (Å²) in [6.45, 7) is 0.342. The largest absolute Gasteiger partial charge is 0.349 e. The Morgan fingerprint density at radius 2 is 2.12 bits per heavy atom. The van der Waals surface area contributed by atoms with Crippen LogP contribution in [0, 0.1) is 0 Å². The van der Waals surface area contributed by atoms with Crippen LogP contribution >= 0.6 is 11.6 Å². The molecule has 6 nitrogen and oxygen atoms in total. The smallest absolute Gasteiger partial charge is 0.328 e. The van der Waals surface area contributed by atoms with Gasteiger partial charge in [0.2, 0.25) is 5.91 Å². The number of amides is 1. The third-order valence-corrected chi connectivity index (χ3v) is 2.53. The van der Waals surface area contributed by atoms with Gasteiger partial charge < -0.3 is 4.90 Å². The predicted molar refractivity (Wildman–Crippen MR) is 64.3 cm³/mol. The Labute approximate surface area is 103 Å². The molecular formula is C10H14ClN3O3. The van der Waals surface area contributed by atoms with E-state index in [4.69, 9.17) is 11.6 Å². The third-order valence-electron chi connectivity index (χ3n) is 2.26. The molecular weight excluding hydrogens is 246 g/mol. The van der Waals surface area contributed by atoms with Gasteiger partial charge in [-0.05, 0) is 6.42 Å². The first-order valence-corrected chi connectivity index (χ1v) is 5.49. The molecule has 0 bridgehead atoms. The molecule has 0 radical (unpaired) electrons. The minimum absolute atomic E-state index is 0.00595. The summed E-state index contributed by atoms with van der Waals surface area (Å²) in [5.74, 6) is -0.00595. The van der Waals surface area contributed by atoms with Crippen molar-refractivity contribution in [2.45, 2.75) is 19.4 Å². The van der Waals surface area contributed by atoms with Gasteiger partial charge in [-0.15, -0.1) is 0 Å². The number of rotatable bonds is 4. The average Bonchev–Trinajstić information content (AvgIpc) is 2.25. The molecule has 0 atom stereocenters. The van der Waals surface area contributed by atoms with Gasteiger partial charge in [-0.3, -0.25) is 19.1 Å². The quantitative estimate of drug-likeness (QED) is 0.831. The van der Waals surface area contributed by atoms with E-state index >= 15 is 0 Å². The number of hydrogen-bond acceptors (Lipinski definition) is 3. The Bertz CT molecular complexity index is 518. The molecule has 1 aromatic heterocycles. The van der Waals surface area contributed by atoms with E-state index in [9.17, 15) is 14.4 Å². The van der Waals surface area contributed by atoms with Gasteiger partial charge in [0.15, 0.2) is 0 Å². The van der Waals surface area contributed by atoms with Crippen LogP contribution in [0.4, 0.5) is 0 Å². The number of hydrogen-bond donors (Lipinski definition) is 1. The molecule has 94 valence electrons. The molecule has 0 aliphatic carbocycles. The molecule has 1 amide bonds. The first kappa shape index (κ1) is 13.5. The SMILES string of the molecule is CN(C)C(=O)CCCn1cc(Cl)c(=O)[nH]c1=O. The summed E-state index contributed by atoms with van der Waals surface area (Å²) < 4.78 is 1.28. The number of aryl methyl sites for hydroxylation is 1. The molecule has 0 aliphatic heterocycles. The normalized spacial score (nSPS) is 10.3. The van der Waals surface area contributed by atoms with Crippen molar-refractivity contribution in [3.8, 4) is 0 Å². The standard InChI is InChI=1S/C10H14ClN3O3/c1-13(2)8(15)4-3-5-14-6-7(11)9(16)12-10(14)17/h6H,3-5H2,1-2H3,(H,12,16,17). The van der Waals surface area contributed by atoms with Crippen molar-refractivity contribution in [1.82, 2.24) is 14.5 Å². The number of H-pyrrole nitrogens is 1. The molecule has 0 fully saturated rings. The highest BCUT2D eigenvalue weighted by atomic mass is 35.5. The van der Waals surface area contributed by atoms with Crippen LogP contribution < -0.4 is 11.2 Å². The molecule has 0 saturated carbocycles. The van der Waals surface area contributed by atoms with Gasteiger partial charge in [0.1, 0.15) is 5.02 Å². The van der Waals surface area contributed by atoms with E-state index < -0.39 is 11.2 Å². The number of nitrogens with one attached hydrogen (secondary N) is 1. The molecule has 0 unspecified atom stereocenters. The lowest BCUT2D eigenvalue weighted by Gasteiger charge is -2.10. The fourth-order valence-electron chi connectivity index (χ4n) is 1.27. The second-order valence-corrected chi connectivity index (χ2v) is 4.23. The highest BCUT2D eigenvalue weighted by Gasteiger charge is 2.05. The van der Waals surface area contributed by atoms with Crippen LogP contribution in [0.3, 0.4) is 0 Å². The summed E-state index contributed by atoms with van der Waals surface area (Å²) in [6, 6.07) is 0. The van der Waals surface area contributed by atoms with Gasteiger partial charge in [-0.1, -0.05) is 11.6 Å². The van der Waals surface area contributed by atoms with Crippen LogP contribution in [-0.4, -0.2) is 34.5 Å². The van der Waals surface area contributed by atoms with Crippen molar-refractivity contribution in [3.63, 3.8) is 0 Å². The van der Waals surface area contributed by atoms with Crippen molar-refractivity contribution >= 4 is 17.5 Å². The molecule has 1 heterocycles. The van der Waals surface area contributed by atoms with E-state index in [1.54, 1.807) is 14.1 Å². The molecule has 17 heavy (non-hydrogen) atoms. The van der Waals surface area contributed by atoms with Gasteiger partial charge in [-0.25, -0.2) is 4.79 Å². The van der Waals surface area contributed by atoms with Crippen LogP contribution in [0.5, 0.6) is 0 Å². The lowest BCUT2D eigenvalue weighted by atomic mass is 10.3. The number of halogens is 1. The van der Waals surface area contributed by atoms with Gasteiger partial charge in [0, 0.05) is 33.3 Å². The van der Waals surface area contributed by atoms with Crippen LogP contribution in [-0.2, 0) is 11.3 Å².